The molecular weight excluding hydrogens is 244 g/mol. The van der Waals surface area contributed by atoms with Crippen LogP contribution in [0.25, 0.3) is 0 Å². The summed E-state index contributed by atoms with van der Waals surface area (Å²) in [5, 5.41) is 2.31. The van der Waals surface area contributed by atoms with Crippen molar-refractivity contribution < 1.29 is 14.4 Å². The minimum atomic E-state index is -0.503. The van der Waals surface area contributed by atoms with Gasteiger partial charge in [0.25, 0.3) is 5.91 Å². The second kappa shape index (κ2) is 4.33. The van der Waals surface area contributed by atoms with Crippen molar-refractivity contribution in [2.24, 2.45) is 0 Å². The number of fused-ring (bicyclic) bond motifs is 1. The predicted octanol–water partition coefficient (Wildman–Crippen LogP) is 0.670. The van der Waals surface area contributed by atoms with Crippen LogP contribution < -0.4 is 5.32 Å². The van der Waals surface area contributed by atoms with Gasteiger partial charge in [0.1, 0.15) is 6.04 Å². The lowest BCUT2D eigenvalue weighted by molar-refractivity contribution is -0.142. The molecule has 0 aromatic heterocycles. The van der Waals surface area contributed by atoms with Crippen molar-refractivity contribution in [1.29, 1.82) is 0 Å². The van der Waals surface area contributed by atoms with Gasteiger partial charge >= 0.3 is 0 Å². The molecule has 1 aliphatic carbocycles. The van der Waals surface area contributed by atoms with E-state index in [1.165, 1.54) is 5.57 Å². The van der Waals surface area contributed by atoms with E-state index in [0.29, 0.717) is 19.4 Å². The SMILES string of the molecule is CC1=C2CN(C3CCC(=O)NC3=O)C(=O)C2=CCC1. The first-order valence-electron chi connectivity index (χ1n) is 6.61. The molecule has 3 aliphatic rings. The molecule has 0 radical (unpaired) electrons. The number of hydrogen-bond acceptors (Lipinski definition) is 3. The molecule has 0 spiro atoms. The summed E-state index contributed by atoms with van der Waals surface area (Å²) < 4.78 is 0. The van der Waals surface area contributed by atoms with E-state index in [0.717, 1.165) is 24.0 Å². The number of likely N-dealkylation sites (tertiary alicyclic amines) is 1. The van der Waals surface area contributed by atoms with Gasteiger partial charge in [0.2, 0.25) is 11.8 Å². The summed E-state index contributed by atoms with van der Waals surface area (Å²) in [5.41, 5.74) is 3.06. The van der Waals surface area contributed by atoms with Crippen molar-refractivity contribution >= 4 is 17.7 Å². The number of amides is 3. The van der Waals surface area contributed by atoms with Crippen molar-refractivity contribution in [2.75, 3.05) is 6.54 Å². The first-order valence-corrected chi connectivity index (χ1v) is 6.61. The Bertz CT molecular complexity index is 545. The number of imide groups is 1. The molecule has 0 aromatic rings. The first-order chi connectivity index (χ1) is 9.08. The van der Waals surface area contributed by atoms with Crippen LogP contribution in [0, 0.1) is 0 Å². The van der Waals surface area contributed by atoms with Crippen LogP contribution in [-0.2, 0) is 14.4 Å². The highest BCUT2D eigenvalue weighted by molar-refractivity contribution is 6.07. The van der Waals surface area contributed by atoms with E-state index in [1.54, 1.807) is 4.90 Å². The van der Waals surface area contributed by atoms with Gasteiger partial charge in [-0.3, -0.25) is 19.7 Å². The highest BCUT2D eigenvalue weighted by Crippen LogP contribution is 2.34. The molecule has 0 saturated carbocycles. The third-order valence-corrected chi connectivity index (χ3v) is 4.11. The maximum Gasteiger partial charge on any atom is 0.254 e. The summed E-state index contributed by atoms with van der Waals surface area (Å²) in [4.78, 5) is 37.0. The molecule has 19 heavy (non-hydrogen) atoms. The molecule has 2 fully saturated rings. The zero-order valence-corrected chi connectivity index (χ0v) is 10.9. The minimum Gasteiger partial charge on any atom is -0.322 e. The number of piperidine rings is 1. The highest BCUT2D eigenvalue weighted by atomic mass is 16.2. The molecule has 5 heteroatoms. The van der Waals surface area contributed by atoms with Crippen molar-refractivity contribution in [3.05, 3.63) is 22.8 Å². The standard InChI is InChI=1S/C14H16N2O3/c1-8-3-2-4-9-10(8)7-16(14(9)19)11-5-6-12(17)15-13(11)18/h4,11H,2-3,5-7H2,1H3,(H,15,17,18). The van der Waals surface area contributed by atoms with Gasteiger partial charge in [-0.1, -0.05) is 11.6 Å². The minimum absolute atomic E-state index is 0.0662. The number of hydrogen-bond donors (Lipinski definition) is 1. The van der Waals surface area contributed by atoms with Crippen molar-refractivity contribution in [3.63, 3.8) is 0 Å². The fourth-order valence-electron chi connectivity index (χ4n) is 3.00. The number of nitrogens with zero attached hydrogens (tertiary/aromatic N) is 1. The fourth-order valence-corrected chi connectivity index (χ4v) is 3.00. The molecule has 3 amide bonds. The van der Waals surface area contributed by atoms with Crippen LogP contribution in [0.2, 0.25) is 0 Å². The Morgan fingerprint density at radius 3 is 2.74 bits per heavy atom. The summed E-state index contributed by atoms with van der Waals surface area (Å²) in [5.74, 6) is -0.662. The van der Waals surface area contributed by atoms with Gasteiger partial charge in [-0.2, -0.15) is 0 Å². The predicted molar refractivity (Wildman–Crippen MR) is 67.9 cm³/mol. The molecule has 1 atom stereocenters. The molecule has 2 heterocycles. The third kappa shape index (κ3) is 1.89. The fraction of sp³-hybridized carbons (Fsp3) is 0.500. The van der Waals surface area contributed by atoms with Crippen molar-refractivity contribution in [2.45, 2.75) is 38.6 Å². The van der Waals surface area contributed by atoms with Gasteiger partial charge in [0, 0.05) is 18.5 Å². The Balaban J connectivity index is 1.88. The van der Waals surface area contributed by atoms with Crippen LogP contribution in [0.4, 0.5) is 0 Å². The van der Waals surface area contributed by atoms with Crippen LogP contribution in [0.15, 0.2) is 22.8 Å². The highest BCUT2D eigenvalue weighted by Gasteiger charge is 2.41. The van der Waals surface area contributed by atoms with E-state index >= 15 is 0 Å². The molecule has 0 aromatic carbocycles. The molecule has 0 bridgehead atoms. The second-order valence-electron chi connectivity index (χ2n) is 5.32. The lowest BCUT2D eigenvalue weighted by Crippen LogP contribution is -2.52. The van der Waals surface area contributed by atoms with Gasteiger partial charge in [0.05, 0.1) is 0 Å². The molecule has 3 rings (SSSR count). The van der Waals surface area contributed by atoms with Gasteiger partial charge in [0.15, 0.2) is 0 Å². The van der Waals surface area contributed by atoms with E-state index in [-0.39, 0.29) is 17.7 Å². The van der Waals surface area contributed by atoms with Crippen LogP contribution >= 0.6 is 0 Å². The Morgan fingerprint density at radius 1 is 1.26 bits per heavy atom. The largest absolute Gasteiger partial charge is 0.322 e. The number of allylic oxidation sites excluding steroid dienone is 2. The average molecular weight is 260 g/mol. The normalized spacial score (nSPS) is 27.4. The number of carbonyl (C=O) groups excluding carboxylic acids is 3. The number of rotatable bonds is 1. The van der Waals surface area contributed by atoms with E-state index in [9.17, 15) is 14.4 Å². The summed E-state index contributed by atoms with van der Waals surface area (Å²) in [7, 11) is 0. The third-order valence-electron chi connectivity index (χ3n) is 4.11. The lowest BCUT2D eigenvalue weighted by atomic mass is 9.94. The molecule has 100 valence electrons. The molecule has 1 unspecified atom stereocenters. The van der Waals surface area contributed by atoms with E-state index < -0.39 is 6.04 Å². The average Bonchev–Trinajstić information content (AvgIpc) is 2.69. The first kappa shape index (κ1) is 12.1. The van der Waals surface area contributed by atoms with Crippen LogP contribution in [0.1, 0.15) is 32.6 Å². The zero-order chi connectivity index (χ0) is 13.6. The van der Waals surface area contributed by atoms with Gasteiger partial charge in [-0.25, -0.2) is 0 Å². The molecule has 1 N–H and O–H groups in total. The van der Waals surface area contributed by atoms with Crippen LogP contribution in [0.5, 0.6) is 0 Å². The quantitative estimate of drug-likeness (QED) is 0.705. The zero-order valence-electron chi connectivity index (χ0n) is 10.9. The molecule has 2 aliphatic heterocycles. The van der Waals surface area contributed by atoms with Gasteiger partial charge < -0.3 is 4.90 Å². The van der Waals surface area contributed by atoms with Crippen LogP contribution in [-0.4, -0.2) is 35.2 Å². The van der Waals surface area contributed by atoms with Crippen molar-refractivity contribution in [1.82, 2.24) is 10.2 Å². The summed E-state index contributed by atoms with van der Waals surface area (Å²) in [6, 6.07) is -0.503. The second-order valence-corrected chi connectivity index (χ2v) is 5.32. The molecular formula is C14H16N2O3. The van der Waals surface area contributed by atoms with E-state index in [2.05, 4.69) is 5.32 Å². The maximum absolute atomic E-state index is 12.4. The van der Waals surface area contributed by atoms with Gasteiger partial charge in [-0.15, -0.1) is 0 Å². The summed E-state index contributed by atoms with van der Waals surface area (Å²) in [6.45, 7) is 2.55. The van der Waals surface area contributed by atoms with Crippen LogP contribution in [0.3, 0.4) is 0 Å². The Hall–Kier alpha value is -1.91. The molecule has 2 saturated heterocycles. The van der Waals surface area contributed by atoms with Crippen molar-refractivity contribution in [3.8, 4) is 0 Å². The molecule has 5 nitrogen and oxygen atoms in total. The Kier molecular flexibility index (Phi) is 2.77. The number of carbonyl (C=O) groups is 3. The number of nitrogens with one attached hydrogen (secondary N) is 1. The summed E-state index contributed by atoms with van der Waals surface area (Å²) in [6.07, 6.45) is 4.57. The summed E-state index contributed by atoms with van der Waals surface area (Å²) >= 11 is 0. The monoisotopic (exact) mass is 260 g/mol. The Labute approximate surface area is 111 Å². The lowest BCUT2D eigenvalue weighted by Gasteiger charge is -2.28. The smallest absolute Gasteiger partial charge is 0.254 e. The Morgan fingerprint density at radius 2 is 2.05 bits per heavy atom. The maximum atomic E-state index is 12.4. The van der Waals surface area contributed by atoms with E-state index in [1.807, 2.05) is 13.0 Å². The topological polar surface area (TPSA) is 66.5 Å². The van der Waals surface area contributed by atoms with Gasteiger partial charge in [-0.05, 0) is 31.8 Å². The van der Waals surface area contributed by atoms with E-state index in [4.69, 9.17) is 0 Å².